The molecule has 3 rings (SSSR count). The van der Waals surface area contributed by atoms with E-state index in [1.54, 1.807) is 37.4 Å². The van der Waals surface area contributed by atoms with Crippen LogP contribution in [0.4, 0.5) is 11.6 Å². The predicted molar refractivity (Wildman–Crippen MR) is 102 cm³/mol. The zero-order chi connectivity index (χ0) is 18.7. The van der Waals surface area contributed by atoms with Crippen molar-refractivity contribution in [2.24, 2.45) is 5.11 Å². The maximum atomic E-state index is 13.3. The smallest absolute Gasteiger partial charge is 0.210 e. The number of rotatable bonds is 5. The van der Waals surface area contributed by atoms with Crippen LogP contribution in [0.25, 0.3) is 6.08 Å². The van der Waals surface area contributed by atoms with Gasteiger partial charge in [-0.25, -0.2) is 8.42 Å². The molecule has 1 aromatic carbocycles. The molecule has 26 heavy (non-hydrogen) atoms. The lowest BCUT2D eigenvalue weighted by Gasteiger charge is -2.25. The second-order valence-corrected chi connectivity index (χ2v) is 8.36. The first kappa shape index (κ1) is 18.4. The van der Waals surface area contributed by atoms with E-state index in [0.29, 0.717) is 11.4 Å². The predicted octanol–water partition coefficient (Wildman–Crippen LogP) is 2.85. The third kappa shape index (κ3) is 3.07. The molecular weight excluding hydrogens is 348 g/mol. The Morgan fingerprint density at radius 2 is 1.88 bits per heavy atom. The summed E-state index contributed by atoms with van der Waals surface area (Å²) in [6.07, 6.45) is 6.86. The van der Waals surface area contributed by atoms with E-state index in [0.717, 1.165) is 25.7 Å². The van der Waals surface area contributed by atoms with E-state index >= 15 is 0 Å². The van der Waals surface area contributed by atoms with Crippen molar-refractivity contribution in [3.63, 3.8) is 0 Å². The number of anilines is 1. The van der Waals surface area contributed by atoms with Gasteiger partial charge in [0, 0.05) is 16.7 Å². The van der Waals surface area contributed by atoms with E-state index < -0.39 is 9.84 Å². The number of azo groups is 1. The molecule has 0 spiro atoms. The lowest BCUT2D eigenvalue weighted by Crippen LogP contribution is -2.58. The lowest BCUT2D eigenvalue weighted by molar-refractivity contribution is -0.495. The molecule has 0 saturated heterocycles. The fourth-order valence-electron chi connectivity index (χ4n) is 3.71. The van der Waals surface area contributed by atoms with Crippen molar-refractivity contribution in [2.45, 2.75) is 47.9 Å². The number of nitrogen functional groups attached to an aromatic ring is 1. The van der Waals surface area contributed by atoms with Gasteiger partial charge >= 0.3 is 0 Å². The van der Waals surface area contributed by atoms with Crippen LogP contribution in [0.3, 0.4) is 0 Å². The van der Waals surface area contributed by atoms with Gasteiger partial charge in [-0.2, -0.15) is 0 Å². The lowest BCUT2D eigenvalue weighted by atomic mass is 9.95. The molecule has 138 valence electrons. The van der Waals surface area contributed by atoms with Crippen molar-refractivity contribution < 1.29 is 13.5 Å². The number of hydrogen-bond donors (Lipinski definition) is 2. The number of nitrogens with zero attached hydrogens (tertiary/aromatic N) is 2. The van der Waals surface area contributed by atoms with Gasteiger partial charge in [0.2, 0.25) is 15.7 Å². The fourth-order valence-corrected chi connectivity index (χ4v) is 5.29. The van der Waals surface area contributed by atoms with Crippen LogP contribution in [-0.4, -0.2) is 20.0 Å². The summed E-state index contributed by atoms with van der Waals surface area (Å²) in [4.78, 5) is 0.310. The summed E-state index contributed by atoms with van der Waals surface area (Å²) in [5.74, 6) is 0.769. The van der Waals surface area contributed by atoms with Gasteiger partial charge in [0.1, 0.15) is 10.7 Å². The second-order valence-electron chi connectivity index (χ2n) is 6.47. The SMILES string of the molecule is C=Cc1c(S(=O)(=O)c2ccccc2)c(N)n(C2CCCCC2)c1N=[NH+]C. The summed E-state index contributed by atoms with van der Waals surface area (Å²) in [5.41, 5.74) is 6.86. The third-order valence-electron chi connectivity index (χ3n) is 4.89. The molecule has 1 aliphatic rings. The molecule has 0 radical (unpaired) electrons. The standard InChI is InChI=1S/C19H24N4O2S/c1-3-16-17(26(24,25)15-12-8-5-9-13-15)18(20)23(19(16)22-21-2)14-10-6-4-7-11-14/h3,5,8-9,12-14H,1,4,6-7,10-11,20H2,2H3/p+1. The van der Waals surface area contributed by atoms with Crippen molar-refractivity contribution in [1.29, 1.82) is 0 Å². The van der Waals surface area contributed by atoms with Crippen molar-refractivity contribution >= 4 is 27.5 Å². The van der Waals surface area contributed by atoms with Crippen molar-refractivity contribution in [3.05, 3.63) is 42.5 Å². The van der Waals surface area contributed by atoms with Crippen molar-refractivity contribution in [2.75, 3.05) is 12.8 Å². The van der Waals surface area contributed by atoms with E-state index in [9.17, 15) is 8.42 Å². The Balaban J connectivity index is 2.27. The largest absolute Gasteiger partial charge is 0.384 e. The molecule has 0 bridgehead atoms. The molecule has 1 saturated carbocycles. The molecule has 0 amide bonds. The van der Waals surface area contributed by atoms with Gasteiger partial charge in [-0.05, 0) is 25.0 Å². The van der Waals surface area contributed by atoms with Crippen LogP contribution in [0, 0.1) is 0 Å². The zero-order valence-electron chi connectivity index (χ0n) is 15.0. The zero-order valence-corrected chi connectivity index (χ0v) is 15.8. The maximum absolute atomic E-state index is 13.3. The number of nitrogens with one attached hydrogen (secondary N) is 1. The number of benzene rings is 1. The molecule has 0 atom stereocenters. The molecular formula is C19H25N4O2S+. The van der Waals surface area contributed by atoms with Crippen LogP contribution in [0.5, 0.6) is 0 Å². The first-order valence-electron chi connectivity index (χ1n) is 8.86. The molecule has 1 aromatic heterocycles. The van der Waals surface area contributed by atoms with Gasteiger partial charge in [0.15, 0.2) is 7.05 Å². The second kappa shape index (κ2) is 7.45. The Morgan fingerprint density at radius 1 is 1.23 bits per heavy atom. The summed E-state index contributed by atoms with van der Waals surface area (Å²) in [5, 5.41) is 7.11. The summed E-state index contributed by atoms with van der Waals surface area (Å²) < 4.78 is 28.4. The molecule has 1 heterocycles. The van der Waals surface area contributed by atoms with E-state index in [1.165, 1.54) is 12.5 Å². The summed E-state index contributed by atoms with van der Waals surface area (Å²) >= 11 is 0. The summed E-state index contributed by atoms with van der Waals surface area (Å²) in [6, 6.07) is 8.49. The average Bonchev–Trinajstić information content (AvgIpc) is 2.95. The third-order valence-corrected chi connectivity index (χ3v) is 6.75. The average molecular weight is 374 g/mol. The van der Waals surface area contributed by atoms with Crippen LogP contribution in [0.1, 0.15) is 43.7 Å². The molecule has 7 heteroatoms. The minimum Gasteiger partial charge on any atom is -0.384 e. The van der Waals surface area contributed by atoms with Gasteiger partial charge in [-0.1, -0.05) is 50.1 Å². The molecule has 6 nitrogen and oxygen atoms in total. The molecule has 3 N–H and O–H groups in total. The fraction of sp³-hybridized carbons (Fsp3) is 0.368. The quantitative estimate of drug-likeness (QED) is 0.790. The highest BCUT2D eigenvalue weighted by Crippen LogP contribution is 2.43. The highest BCUT2D eigenvalue weighted by molar-refractivity contribution is 7.91. The van der Waals surface area contributed by atoms with Crippen LogP contribution in [0.2, 0.25) is 0 Å². The molecule has 2 aromatic rings. The molecule has 0 aliphatic heterocycles. The van der Waals surface area contributed by atoms with Gasteiger partial charge in [-0.3, -0.25) is 0 Å². The molecule has 1 fully saturated rings. The highest BCUT2D eigenvalue weighted by atomic mass is 32.2. The van der Waals surface area contributed by atoms with Crippen molar-refractivity contribution in [3.8, 4) is 0 Å². The molecule has 1 aliphatic carbocycles. The Kier molecular flexibility index (Phi) is 5.27. The first-order chi connectivity index (χ1) is 12.5. The van der Waals surface area contributed by atoms with E-state index in [2.05, 4.69) is 16.8 Å². The van der Waals surface area contributed by atoms with Gasteiger partial charge in [0.25, 0.3) is 0 Å². The Bertz CT molecular complexity index is 924. The van der Waals surface area contributed by atoms with Gasteiger partial charge in [-0.15, -0.1) is 5.11 Å². The van der Waals surface area contributed by atoms with Crippen LogP contribution in [-0.2, 0) is 9.84 Å². The van der Waals surface area contributed by atoms with Crippen LogP contribution in [0.15, 0.2) is 51.8 Å². The van der Waals surface area contributed by atoms with E-state index in [-0.39, 0.29) is 21.7 Å². The highest BCUT2D eigenvalue weighted by Gasteiger charge is 2.34. The molecule has 0 unspecified atom stereocenters. The topological polar surface area (TPSA) is 91.4 Å². The minimum atomic E-state index is -3.78. The Labute approximate surface area is 154 Å². The summed E-state index contributed by atoms with van der Waals surface area (Å²) in [7, 11) is -2.09. The van der Waals surface area contributed by atoms with Gasteiger partial charge < -0.3 is 10.3 Å². The van der Waals surface area contributed by atoms with Crippen LogP contribution < -0.4 is 10.8 Å². The van der Waals surface area contributed by atoms with E-state index in [1.807, 2.05) is 4.57 Å². The maximum Gasteiger partial charge on any atom is 0.210 e. The van der Waals surface area contributed by atoms with Gasteiger partial charge in [0.05, 0.1) is 4.90 Å². The Morgan fingerprint density at radius 3 is 2.46 bits per heavy atom. The van der Waals surface area contributed by atoms with Crippen LogP contribution >= 0.6 is 0 Å². The van der Waals surface area contributed by atoms with Crippen molar-refractivity contribution in [1.82, 2.24) is 4.57 Å². The summed E-state index contributed by atoms with van der Waals surface area (Å²) in [6.45, 7) is 3.82. The Hall–Kier alpha value is -2.41. The minimum absolute atomic E-state index is 0.0956. The number of hydrogen-bond acceptors (Lipinski definition) is 4. The number of nitrogens with two attached hydrogens (primary N) is 1. The van der Waals surface area contributed by atoms with E-state index in [4.69, 9.17) is 5.73 Å². The normalized spacial score (nSPS) is 16.2. The monoisotopic (exact) mass is 373 g/mol. The first-order valence-corrected chi connectivity index (χ1v) is 10.3. The number of sulfone groups is 1. The number of aromatic nitrogens is 1.